The van der Waals surface area contributed by atoms with Crippen LogP contribution < -0.4 is 4.74 Å². The number of hydrogen-bond donors (Lipinski definition) is 1. The predicted molar refractivity (Wildman–Crippen MR) is 77.3 cm³/mol. The first-order chi connectivity index (χ1) is 10.5. The second-order valence-corrected chi connectivity index (χ2v) is 4.18. The van der Waals surface area contributed by atoms with Crippen LogP contribution in [0.5, 0.6) is 11.5 Å². The molecule has 2 rings (SSSR count). The summed E-state index contributed by atoms with van der Waals surface area (Å²) in [5.74, 6) is -0.172. The van der Waals surface area contributed by atoms with Gasteiger partial charge in [-0.25, -0.2) is 0 Å². The molecule has 0 aliphatic carbocycles. The Morgan fingerprint density at radius 2 is 1.82 bits per heavy atom. The second kappa shape index (κ2) is 6.44. The van der Waals surface area contributed by atoms with Crippen LogP contribution in [0.15, 0.2) is 46.6 Å². The Bertz CT molecular complexity index is 741. The monoisotopic (exact) mass is 301 g/mol. The van der Waals surface area contributed by atoms with Gasteiger partial charge in [0.2, 0.25) is 0 Å². The Labute approximate surface area is 124 Å². The summed E-state index contributed by atoms with van der Waals surface area (Å²) in [4.78, 5) is 20.9. The lowest BCUT2D eigenvalue weighted by Crippen LogP contribution is -1.88. The van der Waals surface area contributed by atoms with Gasteiger partial charge in [-0.3, -0.25) is 14.9 Å². The summed E-state index contributed by atoms with van der Waals surface area (Å²) in [6.07, 6.45) is 0.475. The summed E-state index contributed by atoms with van der Waals surface area (Å²) < 4.78 is 4.94. The Morgan fingerprint density at radius 3 is 2.36 bits per heavy atom. The number of methoxy groups -OCH3 is 1. The van der Waals surface area contributed by atoms with E-state index in [-0.39, 0.29) is 22.7 Å². The molecule has 0 aliphatic heterocycles. The second-order valence-electron chi connectivity index (χ2n) is 4.18. The maximum absolute atomic E-state index is 10.9. The van der Waals surface area contributed by atoms with E-state index in [0.29, 0.717) is 17.7 Å². The summed E-state index contributed by atoms with van der Waals surface area (Å²) in [7, 11) is 1.35. The molecule has 22 heavy (non-hydrogen) atoms. The van der Waals surface area contributed by atoms with E-state index < -0.39 is 4.92 Å². The van der Waals surface area contributed by atoms with Gasteiger partial charge >= 0.3 is 0 Å². The summed E-state index contributed by atoms with van der Waals surface area (Å²) in [6.45, 7) is 0. The SMILES string of the molecule is COc1cc(N=Nc2ccc([N+](=O)[O-])cc2)cc(C=O)c1O. The molecule has 0 amide bonds. The molecule has 0 aromatic heterocycles. The number of carbonyl (C=O) groups is 1. The molecule has 0 fully saturated rings. The number of azo groups is 1. The van der Waals surface area contributed by atoms with Crippen LogP contribution in [0.3, 0.4) is 0 Å². The summed E-state index contributed by atoms with van der Waals surface area (Å²) in [5.41, 5.74) is 0.686. The van der Waals surface area contributed by atoms with E-state index in [9.17, 15) is 20.0 Å². The highest BCUT2D eigenvalue weighted by Gasteiger charge is 2.10. The molecule has 0 saturated heterocycles. The quantitative estimate of drug-likeness (QED) is 0.392. The molecule has 0 radical (unpaired) electrons. The van der Waals surface area contributed by atoms with Gasteiger partial charge in [0.15, 0.2) is 17.8 Å². The summed E-state index contributed by atoms with van der Waals surface area (Å²) in [6, 6.07) is 8.27. The van der Waals surface area contributed by atoms with E-state index >= 15 is 0 Å². The van der Waals surface area contributed by atoms with Gasteiger partial charge in [0, 0.05) is 18.2 Å². The van der Waals surface area contributed by atoms with Crippen molar-refractivity contribution in [2.24, 2.45) is 10.2 Å². The number of nitro benzene ring substituents is 1. The van der Waals surface area contributed by atoms with Crippen molar-refractivity contribution in [1.82, 2.24) is 0 Å². The van der Waals surface area contributed by atoms with E-state index in [0.717, 1.165) is 0 Å². The molecule has 0 spiro atoms. The van der Waals surface area contributed by atoms with Gasteiger partial charge in [0.25, 0.3) is 5.69 Å². The Morgan fingerprint density at radius 1 is 1.18 bits per heavy atom. The molecule has 2 aromatic rings. The number of ether oxygens (including phenoxy) is 1. The van der Waals surface area contributed by atoms with Crippen LogP contribution in [-0.4, -0.2) is 23.4 Å². The number of phenolic OH excluding ortho intramolecular Hbond substituents is 1. The van der Waals surface area contributed by atoms with Crippen LogP contribution in [0, 0.1) is 10.1 Å². The number of nitrogens with zero attached hydrogens (tertiary/aromatic N) is 3. The third-order valence-electron chi connectivity index (χ3n) is 2.78. The van der Waals surface area contributed by atoms with Crippen LogP contribution in [0.25, 0.3) is 0 Å². The number of phenols is 1. The zero-order valence-corrected chi connectivity index (χ0v) is 11.5. The van der Waals surface area contributed by atoms with Gasteiger partial charge in [-0.1, -0.05) is 0 Å². The standard InChI is InChI=1S/C14H11N3O5/c1-22-13-7-11(6-9(8-18)14(13)19)16-15-10-2-4-12(5-3-10)17(20)21/h2-8,19H,1H3. The molecule has 0 saturated carbocycles. The molecule has 8 heteroatoms. The molecule has 2 aromatic carbocycles. The van der Waals surface area contributed by atoms with Crippen LogP contribution in [-0.2, 0) is 0 Å². The maximum atomic E-state index is 10.9. The van der Waals surface area contributed by atoms with Crippen molar-refractivity contribution >= 4 is 23.3 Å². The molecule has 8 nitrogen and oxygen atoms in total. The molecular formula is C14H11N3O5. The van der Waals surface area contributed by atoms with Crippen LogP contribution in [0.1, 0.15) is 10.4 Å². The third-order valence-corrected chi connectivity index (χ3v) is 2.78. The van der Waals surface area contributed by atoms with E-state index in [1.807, 2.05) is 0 Å². The highest BCUT2D eigenvalue weighted by atomic mass is 16.6. The Kier molecular flexibility index (Phi) is 4.42. The molecule has 112 valence electrons. The highest BCUT2D eigenvalue weighted by molar-refractivity contribution is 5.83. The highest BCUT2D eigenvalue weighted by Crippen LogP contribution is 2.34. The van der Waals surface area contributed by atoms with Crippen molar-refractivity contribution in [1.29, 1.82) is 0 Å². The number of nitro groups is 1. The Balaban J connectivity index is 2.29. The van der Waals surface area contributed by atoms with Gasteiger partial charge in [0.1, 0.15) is 0 Å². The van der Waals surface area contributed by atoms with Gasteiger partial charge in [-0.05, 0) is 18.2 Å². The van der Waals surface area contributed by atoms with Gasteiger partial charge in [-0.15, -0.1) is 0 Å². The zero-order chi connectivity index (χ0) is 16.1. The first-order valence-corrected chi connectivity index (χ1v) is 6.07. The smallest absolute Gasteiger partial charge is 0.269 e. The minimum Gasteiger partial charge on any atom is -0.504 e. The normalized spacial score (nSPS) is 10.6. The average Bonchev–Trinajstić information content (AvgIpc) is 2.54. The minimum atomic E-state index is -0.512. The molecule has 1 N–H and O–H groups in total. The summed E-state index contributed by atoms with van der Waals surface area (Å²) in [5, 5.41) is 28.1. The zero-order valence-electron chi connectivity index (χ0n) is 11.5. The van der Waals surface area contributed by atoms with E-state index in [2.05, 4.69) is 10.2 Å². The summed E-state index contributed by atoms with van der Waals surface area (Å²) >= 11 is 0. The Hall–Kier alpha value is -3.29. The fourth-order valence-electron chi connectivity index (χ4n) is 1.67. The third kappa shape index (κ3) is 3.23. The van der Waals surface area contributed by atoms with Gasteiger partial charge in [0.05, 0.1) is 29.0 Å². The number of carbonyl (C=O) groups excluding carboxylic acids is 1. The lowest BCUT2D eigenvalue weighted by Gasteiger charge is -2.05. The van der Waals surface area contributed by atoms with Crippen molar-refractivity contribution in [3.05, 3.63) is 52.1 Å². The van der Waals surface area contributed by atoms with Gasteiger partial charge < -0.3 is 9.84 Å². The van der Waals surface area contributed by atoms with E-state index in [1.165, 1.54) is 43.5 Å². The van der Waals surface area contributed by atoms with Crippen molar-refractivity contribution in [3.63, 3.8) is 0 Å². The van der Waals surface area contributed by atoms with Crippen LogP contribution >= 0.6 is 0 Å². The van der Waals surface area contributed by atoms with Gasteiger partial charge in [-0.2, -0.15) is 10.2 Å². The van der Waals surface area contributed by atoms with Crippen molar-refractivity contribution in [2.45, 2.75) is 0 Å². The molecule has 0 heterocycles. The number of aromatic hydroxyl groups is 1. The van der Waals surface area contributed by atoms with E-state index in [4.69, 9.17) is 4.74 Å². The number of rotatable bonds is 5. The fraction of sp³-hybridized carbons (Fsp3) is 0.0714. The molecule has 0 aliphatic rings. The lowest BCUT2D eigenvalue weighted by atomic mass is 10.2. The van der Waals surface area contributed by atoms with E-state index in [1.54, 1.807) is 0 Å². The molecular weight excluding hydrogens is 290 g/mol. The minimum absolute atomic E-state index is 0.0250. The fourth-order valence-corrected chi connectivity index (χ4v) is 1.67. The predicted octanol–water partition coefficient (Wildman–Crippen LogP) is 3.54. The van der Waals surface area contributed by atoms with Crippen molar-refractivity contribution in [3.8, 4) is 11.5 Å². The van der Waals surface area contributed by atoms with Crippen molar-refractivity contribution in [2.75, 3.05) is 7.11 Å². The first kappa shape index (κ1) is 15.1. The number of non-ortho nitro benzene ring substituents is 1. The lowest BCUT2D eigenvalue weighted by molar-refractivity contribution is -0.384. The molecule has 0 atom stereocenters. The number of aldehydes is 1. The largest absolute Gasteiger partial charge is 0.504 e. The van der Waals surface area contributed by atoms with Crippen LogP contribution in [0.4, 0.5) is 17.1 Å². The topological polar surface area (TPSA) is 114 Å². The van der Waals surface area contributed by atoms with Crippen molar-refractivity contribution < 1.29 is 19.6 Å². The molecule has 0 unspecified atom stereocenters. The maximum Gasteiger partial charge on any atom is 0.269 e. The average molecular weight is 301 g/mol. The number of benzene rings is 2. The number of hydrogen-bond acceptors (Lipinski definition) is 7. The molecule has 0 bridgehead atoms. The first-order valence-electron chi connectivity index (χ1n) is 6.07. The van der Waals surface area contributed by atoms with Crippen LogP contribution in [0.2, 0.25) is 0 Å².